The van der Waals surface area contributed by atoms with E-state index in [-0.39, 0.29) is 24.7 Å². The maximum absolute atomic E-state index is 13.7. The predicted octanol–water partition coefficient (Wildman–Crippen LogP) is 4.08. The summed E-state index contributed by atoms with van der Waals surface area (Å²) >= 11 is 1.45. The molecule has 4 aromatic rings. The van der Waals surface area contributed by atoms with Gasteiger partial charge in [-0.05, 0) is 24.3 Å². The number of imidazole rings is 1. The second-order valence-electron chi connectivity index (χ2n) is 6.62. The SMILES string of the molecule is COc1ccc(OC)c(-c2cn3c(CC(=O)NCc4ccccc4F)csc3n2)c1. The molecule has 2 aromatic carbocycles. The lowest BCUT2D eigenvalue weighted by Crippen LogP contribution is -2.25. The van der Waals surface area contributed by atoms with E-state index in [0.717, 1.165) is 21.9 Å². The molecule has 6 nitrogen and oxygen atoms in total. The van der Waals surface area contributed by atoms with Crippen LogP contribution in [-0.4, -0.2) is 29.5 Å². The lowest BCUT2D eigenvalue weighted by atomic mass is 10.1. The molecule has 8 heteroatoms. The van der Waals surface area contributed by atoms with Crippen molar-refractivity contribution in [2.45, 2.75) is 13.0 Å². The molecular formula is C22H20FN3O3S. The number of thiazole rings is 1. The van der Waals surface area contributed by atoms with Crippen LogP contribution in [0, 0.1) is 5.82 Å². The minimum Gasteiger partial charge on any atom is -0.497 e. The van der Waals surface area contributed by atoms with Crippen LogP contribution in [0.4, 0.5) is 4.39 Å². The molecule has 0 unspecified atom stereocenters. The number of carbonyl (C=O) groups is 1. The van der Waals surface area contributed by atoms with Gasteiger partial charge in [0, 0.05) is 34.9 Å². The van der Waals surface area contributed by atoms with Crippen LogP contribution in [0.5, 0.6) is 11.5 Å². The number of benzene rings is 2. The third-order valence-electron chi connectivity index (χ3n) is 4.74. The Hall–Kier alpha value is -3.39. The molecule has 0 spiro atoms. The molecule has 0 atom stereocenters. The Balaban J connectivity index is 1.54. The summed E-state index contributed by atoms with van der Waals surface area (Å²) in [6.07, 6.45) is 2.04. The Morgan fingerprint density at radius 1 is 1.20 bits per heavy atom. The summed E-state index contributed by atoms with van der Waals surface area (Å²) < 4.78 is 26.4. The van der Waals surface area contributed by atoms with Gasteiger partial charge in [0.2, 0.25) is 5.91 Å². The van der Waals surface area contributed by atoms with E-state index in [4.69, 9.17) is 9.47 Å². The topological polar surface area (TPSA) is 64.9 Å². The number of halogens is 1. The number of carbonyl (C=O) groups excluding carboxylic acids is 1. The quantitative estimate of drug-likeness (QED) is 0.485. The summed E-state index contributed by atoms with van der Waals surface area (Å²) in [5.74, 6) is 0.870. The van der Waals surface area contributed by atoms with E-state index in [1.165, 1.54) is 17.4 Å². The molecule has 0 radical (unpaired) electrons. The number of aromatic nitrogens is 2. The molecule has 0 bridgehead atoms. The highest BCUT2D eigenvalue weighted by atomic mass is 32.1. The van der Waals surface area contributed by atoms with E-state index in [0.29, 0.717) is 17.1 Å². The van der Waals surface area contributed by atoms with Crippen LogP contribution < -0.4 is 14.8 Å². The van der Waals surface area contributed by atoms with Gasteiger partial charge in [0.1, 0.15) is 17.3 Å². The van der Waals surface area contributed by atoms with Crippen LogP contribution in [0.2, 0.25) is 0 Å². The highest BCUT2D eigenvalue weighted by Gasteiger charge is 2.16. The number of rotatable bonds is 7. The van der Waals surface area contributed by atoms with Crippen LogP contribution in [-0.2, 0) is 17.8 Å². The van der Waals surface area contributed by atoms with Crippen molar-refractivity contribution in [2.75, 3.05) is 14.2 Å². The minimum absolute atomic E-state index is 0.148. The summed E-state index contributed by atoms with van der Waals surface area (Å²) in [6, 6.07) is 11.9. The molecule has 1 amide bonds. The third-order valence-corrected chi connectivity index (χ3v) is 5.63. The molecule has 0 saturated carbocycles. The molecule has 2 aromatic heterocycles. The first kappa shape index (κ1) is 19.9. The fourth-order valence-electron chi connectivity index (χ4n) is 3.16. The van der Waals surface area contributed by atoms with Gasteiger partial charge in [0.05, 0.1) is 26.3 Å². The van der Waals surface area contributed by atoms with Crippen molar-refractivity contribution < 1.29 is 18.7 Å². The first-order valence-electron chi connectivity index (χ1n) is 9.27. The number of methoxy groups -OCH3 is 2. The standard InChI is InChI=1S/C22H20FN3O3S/c1-28-16-7-8-20(29-2)17(10-16)19-12-26-15(13-30-22(26)25-19)9-21(27)24-11-14-5-3-4-6-18(14)23/h3-8,10,12-13H,9,11H2,1-2H3,(H,24,27). The van der Waals surface area contributed by atoms with Gasteiger partial charge in [-0.1, -0.05) is 18.2 Å². The van der Waals surface area contributed by atoms with Crippen molar-refractivity contribution in [3.05, 3.63) is 71.1 Å². The molecule has 0 fully saturated rings. The molecule has 0 aliphatic rings. The van der Waals surface area contributed by atoms with Gasteiger partial charge in [-0.2, -0.15) is 0 Å². The monoisotopic (exact) mass is 425 g/mol. The maximum atomic E-state index is 13.7. The molecule has 30 heavy (non-hydrogen) atoms. The van der Waals surface area contributed by atoms with Crippen LogP contribution in [0.15, 0.2) is 54.0 Å². The zero-order chi connectivity index (χ0) is 21.1. The lowest BCUT2D eigenvalue weighted by Gasteiger charge is -2.08. The van der Waals surface area contributed by atoms with Gasteiger partial charge >= 0.3 is 0 Å². The lowest BCUT2D eigenvalue weighted by molar-refractivity contribution is -0.120. The highest BCUT2D eigenvalue weighted by Crippen LogP contribution is 2.34. The van der Waals surface area contributed by atoms with Gasteiger partial charge in [0.25, 0.3) is 0 Å². The normalized spacial score (nSPS) is 10.9. The number of amides is 1. The second-order valence-corrected chi connectivity index (χ2v) is 7.45. The van der Waals surface area contributed by atoms with Crippen LogP contribution >= 0.6 is 11.3 Å². The van der Waals surface area contributed by atoms with Crippen molar-refractivity contribution >= 4 is 22.2 Å². The average molecular weight is 425 g/mol. The number of hydrogen-bond donors (Lipinski definition) is 1. The summed E-state index contributed by atoms with van der Waals surface area (Å²) in [4.78, 5) is 17.8. The summed E-state index contributed by atoms with van der Waals surface area (Å²) in [5, 5.41) is 4.67. The summed E-state index contributed by atoms with van der Waals surface area (Å²) in [7, 11) is 3.21. The predicted molar refractivity (Wildman–Crippen MR) is 114 cm³/mol. The largest absolute Gasteiger partial charge is 0.497 e. The van der Waals surface area contributed by atoms with Crippen molar-refractivity contribution in [1.82, 2.24) is 14.7 Å². The Labute approximate surface area is 176 Å². The van der Waals surface area contributed by atoms with Crippen molar-refractivity contribution in [3.63, 3.8) is 0 Å². The van der Waals surface area contributed by atoms with E-state index in [9.17, 15) is 9.18 Å². The molecule has 154 valence electrons. The molecule has 1 N–H and O–H groups in total. The number of hydrogen-bond acceptors (Lipinski definition) is 5. The van der Waals surface area contributed by atoms with E-state index < -0.39 is 0 Å². The van der Waals surface area contributed by atoms with Gasteiger partial charge in [0.15, 0.2) is 4.96 Å². The maximum Gasteiger partial charge on any atom is 0.226 e. The summed E-state index contributed by atoms with van der Waals surface area (Å²) in [6.45, 7) is 0.148. The fraction of sp³-hybridized carbons (Fsp3) is 0.182. The van der Waals surface area contributed by atoms with Crippen LogP contribution in [0.3, 0.4) is 0 Å². The van der Waals surface area contributed by atoms with Crippen LogP contribution in [0.1, 0.15) is 11.3 Å². The van der Waals surface area contributed by atoms with Crippen LogP contribution in [0.25, 0.3) is 16.2 Å². The minimum atomic E-state index is -0.331. The van der Waals surface area contributed by atoms with E-state index in [1.54, 1.807) is 32.4 Å². The Morgan fingerprint density at radius 2 is 2.03 bits per heavy atom. The average Bonchev–Trinajstić information content (AvgIpc) is 3.34. The number of fused-ring (bicyclic) bond motifs is 1. The first-order chi connectivity index (χ1) is 14.6. The molecule has 0 aliphatic carbocycles. The van der Waals surface area contributed by atoms with Gasteiger partial charge in [-0.25, -0.2) is 9.37 Å². The van der Waals surface area contributed by atoms with Gasteiger partial charge in [-0.3, -0.25) is 9.20 Å². The van der Waals surface area contributed by atoms with E-state index >= 15 is 0 Å². The zero-order valence-corrected chi connectivity index (χ0v) is 17.3. The number of ether oxygens (including phenoxy) is 2. The Bertz CT molecular complexity index is 1200. The zero-order valence-electron chi connectivity index (χ0n) is 16.5. The first-order valence-corrected chi connectivity index (χ1v) is 10.1. The molecular weight excluding hydrogens is 405 g/mol. The fourth-order valence-corrected chi connectivity index (χ4v) is 4.04. The third kappa shape index (κ3) is 3.99. The summed E-state index contributed by atoms with van der Waals surface area (Å²) in [5.41, 5.74) is 2.80. The second kappa shape index (κ2) is 8.54. The number of nitrogens with one attached hydrogen (secondary N) is 1. The van der Waals surface area contributed by atoms with Crippen molar-refractivity contribution in [1.29, 1.82) is 0 Å². The van der Waals surface area contributed by atoms with E-state index in [1.807, 2.05) is 34.2 Å². The molecule has 0 saturated heterocycles. The Kier molecular flexibility index (Phi) is 5.67. The van der Waals surface area contributed by atoms with Gasteiger partial charge < -0.3 is 14.8 Å². The molecule has 2 heterocycles. The Morgan fingerprint density at radius 3 is 2.80 bits per heavy atom. The van der Waals surface area contributed by atoms with Crippen molar-refractivity contribution in [3.8, 4) is 22.8 Å². The number of nitrogens with zero attached hydrogens (tertiary/aromatic N) is 2. The smallest absolute Gasteiger partial charge is 0.226 e. The highest BCUT2D eigenvalue weighted by molar-refractivity contribution is 7.15. The molecule has 0 aliphatic heterocycles. The van der Waals surface area contributed by atoms with E-state index in [2.05, 4.69) is 10.3 Å². The van der Waals surface area contributed by atoms with Gasteiger partial charge in [-0.15, -0.1) is 11.3 Å². The van der Waals surface area contributed by atoms with Crippen molar-refractivity contribution in [2.24, 2.45) is 0 Å². The molecule has 4 rings (SSSR count).